The van der Waals surface area contributed by atoms with E-state index in [4.69, 9.17) is 14.6 Å². The molecule has 1 fully saturated rings. The molecule has 5 heteroatoms. The summed E-state index contributed by atoms with van der Waals surface area (Å²) in [5.41, 5.74) is 0.906. The second-order valence-electron chi connectivity index (χ2n) is 5.34. The summed E-state index contributed by atoms with van der Waals surface area (Å²) in [6.07, 6.45) is 2.30. The zero-order valence-corrected chi connectivity index (χ0v) is 12.1. The highest BCUT2D eigenvalue weighted by molar-refractivity contribution is 5.74. The summed E-state index contributed by atoms with van der Waals surface area (Å²) in [6, 6.07) is 7.35. The Labute approximate surface area is 123 Å². The summed E-state index contributed by atoms with van der Waals surface area (Å²) in [4.78, 5) is 22.8. The van der Waals surface area contributed by atoms with Crippen molar-refractivity contribution in [3.05, 3.63) is 29.8 Å². The van der Waals surface area contributed by atoms with Gasteiger partial charge in [-0.05, 0) is 43.4 Å². The first kappa shape index (κ1) is 15.4. The van der Waals surface area contributed by atoms with Crippen molar-refractivity contribution in [1.82, 2.24) is 0 Å². The summed E-state index contributed by atoms with van der Waals surface area (Å²) < 4.78 is 10.4. The molecule has 1 aromatic rings. The molecule has 1 aromatic carbocycles. The quantitative estimate of drug-likeness (QED) is 0.845. The molecule has 114 valence electrons. The van der Waals surface area contributed by atoms with Gasteiger partial charge < -0.3 is 14.6 Å². The zero-order chi connectivity index (χ0) is 15.2. The van der Waals surface area contributed by atoms with Gasteiger partial charge in [-0.25, -0.2) is 0 Å². The minimum absolute atomic E-state index is 0.168. The van der Waals surface area contributed by atoms with Gasteiger partial charge in [-0.1, -0.05) is 12.1 Å². The van der Waals surface area contributed by atoms with Crippen LogP contribution in [-0.2, 0) is 20.9 Å². The van der Waals surface area contributed by atoms with Crippen molar-refractivity contribution in [2.45, 2.75) is 32.3 Å². The molecular formula is C16H20O5. The molecule has 0 saturated heterocycles. The Balaban J connectivity index is 1.78. The van der Waals surface area contributed by atoms with E-state index in [-0.39, 0.29) is 24.4 Å². The Morgan fingerprint density at radius 3 is 2.19 bits per heavy atom. The molecule has 1 aliphatic carbocycles. The normalized spacial score (nSPS) is 21.6. The predicted molar refractivity (Wildman–Crippen MR) is 75.9 cm³/mol. The molecule has 0 aliphatic heterocycles. The van der Waals surface area contributed by atoms with Crippen LogP contribution in [0.2, 0.25) is 0 Å². The SMILES string of the molecule is COc1ccc(COC(=O)[C@H]2CC[C@H](C(=O)O)CC2)cc1. The third-order valence-electron chi connectivity index (χ3n) is 3.95. The third kappa shape index (κ3) is 4.21. The highest BCUT2D eigenvalue weighted by Crippen LogP contribution is 2.30. The molecule has 1 N–H and O–H groups in total. The largest absolute Gasteiger partial charge is 0.497 e. The van der Waals surface area contributed by atoms with E-state index in [9.17, 15) is 9.59 Å². The Morgan fingerprint density at radius 2 is 1.67 bits per heavy atom. The molecule has 0 bridgehead atoms. The van der Waals surface area contributed by atoms with Gasteiger partial charge in [0.1, 0.15) is 12.4 Å². The number of benzene rings is 1. The average Bonchev–Trinajstić information content (AvgIpc) is 2.53. The van der Waals surface area contributed by atoms with E-state index in [1.807, 2.05) is 24.3 Å². The first-order chi connectivity index (χ1) is 10.1. The van der Waals surface area contributed by atoms with Gasteiger partial charge in [-0.3, -0.25) is 9.59 Å². The molecule has 5 nitrogen and oxygen atoms in total. The fraction of sp³-hybridized carbons (Fsp3) is 0.500. The van der Waals surface area contributed by atoms with Crippen LogP contribution in [0, 0.1) is 11.8 Å². The summed E-state index contributed by atoms with van der Waals surface area (Å²) in [6.45, 7) is 0.238. The van der Waals surface area contributed by atoms with Crippen molar-refractivity contribution < 1.29 is 24.2 Å². The summed E-state index contributed by atoms with van der Waals surface area (Å²) >= 11 is 0. The van der Waals surface area contributed by atoms with E-state index >= 15 is 0 Å². The lowest BCUT2D eigenvalue weighted by molar-refractivity contribution is -0.153. The Hall–Kier alpha value is -2.04. The van der Waals surface area contributed by atoms with Gasteiger partial charge >= 0.3 is 11.9 Å². The lowest BCUT2D eigenvalue weighted by atomic mass is 9.82. The molecule has 21 heavy (non-hydrogen) atoms. The topological polar surface area (TPSA) is 72.8 Å². The van der Waals surface area contributed by atoms with Crippen LogP contribution in [0.5, 0.6) is 5.75 Å². The minimum atomic E-state index is -0.764. The molecule has 0 spiro atoms. The van der Waals surface area contributed by atoms with Crippen molar-refractivity contribution in [2.75, 3.05) is 7.11 Å². The van der Waals surface area contributed by atoms with Crippen molar-refractivity contribution in [3.8, 4) is 5.75 Å². The molecule has 0 heterocycles. The second kappa shape index (κ2) is 7.11. The van der Waals surface area contributed by atoms with Gasteiger partial charge in [-0.15, -0.1) is 0 Å². The molecule has 0 amide bonds. The number of rotatable bonds is 5. The summed E-state index contributed by atoms with van der Waals surface area (Å²) in [7, 11) is 1.60. The van der Waals surface area contributed by atoms with Crippen LogP contribution in [-0.4, -0.2) is 24.2 Å². The number of hydrogen-bond donors (Lipinski definition) is 1. The van der Waals surface area contributed by atoms with E-state index in [2.05, 4.69) is 0 Å². The number of aliphatic carboxylic acids is 1. The molecule has 0 aromatic heterocycles. The van der Waals surface area contributed by atoms with Crippen LogP contribution in [0.4, 0.5) is 0 Å². The van der Waals surface area contributed by atoms with E-state index < -0.39 is 5.97 Å². The highest BCUT2D eigenvalue weighted by atomic mass is 16.5. The van der Waals surface area contributed by atoms with Gasteiger partial charge in [0.25, 0.3) is 0 Å². The molecule has 0 atom stereocenters. The van der Waals surface area contributed by atoms with Gasteiger partial charge in [0.05, 0.1) is 18.9 Å². The summed E-state index contributed by atoms with van der Waals surface area (Å²) in [5, 5.41) is 8.93. The standard InChI is InChI=1S/C16H20O5/c1-20-14-8-2-11(3-9-14)10-21-16(19)13-6-4-12(5-7-13)15(17)18/h2-3,8-9,12-13H,4-7,10H2,1H3,(H,17,18)/t12-,13-. The minimum Gasteiger partial charge on any atom is -0.497 e. The monoisotopic (exact) mass is 292 g/mol. The lowest BCUT2D eigenvalue weighted by Crippen LogP contribution is -2.27. The lowest BCUT2D eigenvalue weighted by Gasteiger charge is -2.24. The van der Waals surface area contributed by atoms with E-state index in [0.29, 0.717) is 25.7 Å². The number of carbonyl (C=O) groups excluding carboxylic acids is 1. The van der Waals surface area contributed by atoms with Gasteiger partial charge in [0.2, 0.25) is 0 Å². The van der Waals surface area contributed by atoms with Crippen molar-refractivity contribution in [3.63, 3.8) is 0 Å². The maximum absolute atomic E-state index is 12.0. The van der Waals surface area contributed by atoms with Gasteiger partial charge in [0, 0.05) is 0 Å². The molecule has 2 rings (SSSR count). The highest BCUT2D eigenvalue weighted by Gasteiger charge is 2.30. The molecular weight excluding hydrogens is 272 g/mol. The van der Waals surface area contributed by atoms with Crippen LogP contribution in [0.15, 0.2) is 24.3 Å². The van der Waals surface area contributed by atoms with E-state index in [1.54, 1.807) is 7.11 Å². The van der Waals surface area contributed by atoms with Crippen LogP contribution in [0.3, 0.4) is 0 Å². The Morgan fingerprint density at radius 1 is 1.10 bits per heavy atom. The first-order valence-corrected chi connectivity index (χ1v) is 7.12. The van der Waals surface area contributed by atoms with E-state index in [1.165, 1.54) is 0 Å². The third-order valence-corrected chi connectivity index (χ3v) is 3.95. The number of carboxylic acids is 1. The number of hydrogen-bond acceptors (Lipinski definition) is 4. The second-order valence-corrected chi connectivity index (χ2v) is 5.34. The van der Waals surface area contributed by atoms with Gasteiger partial charge in [0.15, 0.2) is 0 Å². The van der Waals surface area contributed by atoms with Crippen molar-refractivity contribution >= 4 is 11.9 Å². The molecule has 1 saturated carbocycles. The predicted octanol–water partition coefficient (Wildman–Crippen LogP) is 2.63. The Kier molecular flexibility index (Phi) is 5.20. The van der Waals surface area contributed by atoms with Crippen LogP contribution >= 0.6 is 0 Å². The van der Waals surface area contributed by atoms with Gasteiger partial charge in [-0.2, -0.15) is 0 Å². The number of carboxylic acid groups (broad SMARTS) is 1. The maximum Gasteiger partial charge on any atom is 0.309 e. The fourth-order valence-corrected chi connectivity index (χ4v) is 2.57. The van der Waals surface area contributed by atoms with E-state index in [0.717, 1.165) is 11.3 Å². The molecule has 0 unspecified atom stereocenters. The number of esters is 1. The Bertz CT molecular complexity index is 486. The van der Waals surface area contributed by atoms with Crippen LogP contribution < -0.4 is 4.74 Å². The van der Waals surface area contributed by atoms with Crippen LogP contribution in [0.1, 0.15) is 31.2 Å². The number of ether oxygens (including phenoxy) is 2. The molecule has 1 aliphatic rings. The average molecular weight is 292 g/mol. The smallest absolute Gasteiger partial charge is 0.309 e. The van der Waals surface area contributed by atoms with Crippen molar-refractivity contribution in [1.29, 1.82) is 0 Å². The number of carbonyl (C=O) groups is 2. The first-order valence-electron chi connectivity index (χ1n) is 7.12. The fourth-order valence-electron chi connectivity index (χ4n) is 2.57. The van der Waals surface area contributed by atoms with Crippen LogP contribution in [0.25, 0.3) is 0 Å². The number of methoxy groups -OCH3 is 1. The zero-order valence-electron chi connectivity index (χ0n) is 12.1. The maximum atomic E-state index is 12.0. The van der Waals surface area contributed by atoms with Crippen molar-refractivity contribution in [2.24, 2.45) is 11.8 Å². The summed E-state index contributed by atoms with van der Waals surface area (Å²) in [5.74, 6) is -0.707. The molecule has 0 radical (unpaired) electrons.